The van der Waals surface area contributed by atoms with E-state index < -0.39 is 23.0 Å². The number of pyridine rings is 1. The van der Waals surface area contributed by atoms with Crippen molar-refractivity contribution in [2.75, 3.05) is 6.98 Å². The van der Waals surface area contributed by atoms with Gasteiger partial charge in [-0.15, -0.1) is 0 Å². The van der Waals surface area contributed by atoms with Gasteiger partial charge in [-0.25, -0.2) is 8.42 Å². The van der Waals surface area contributed by atoms with Crippen LogP contribution < -0.4 is 0 Å². The minimum Gasteiger partial charge on any atom is -0.263 e. The lowest BCUT2D eigenvalue weighted by Gasteiger charge is -2.15. The predicted molar refractivity (Wildman–Crippen MR) is 52.2 cm³/mol. The molecule has 1 aliphatic carbocycles. The van der Waals surface area contributed by atoms with E-state index in [-0.39, 0.29) is 4.90 Å². The molecule has 0 atom stereocenters. The molecule has 2 rings (SSSR count). The second kappa shape index (κ2) is 3.33. The normalized spacial score (nSPS) is 21.4. The van der Waals surface area contributed by atoms with Crippen LogP contribution >= 0.6 is 0 Å². The Balaban J connectivity index is 2.43. The Morgan fingerprint density at radius 1 is 1.64 bits per heavy atom. The van der Waals surface area contributed by atoms with E-state index >= 15 is 0 Å². The van der Waals surface area contributed by atoms with Gasteiger partial charge in [0.2, 0.25) is 10.0 Å². The van der Waals surface area contributed by atoms with Crippen LogP contribution in [0.25, 0.3) is 0 Å². The minimum absolute atomic E-state index is 0.0805. The van der Waals surface area contributed by atoms with Crippen LogP contribution in [0.15, 0.2) is 29.4 Å². The predicted octanol–water partition coefficient (Wildman–Crippen LogP) is 0.865. The molecule has 14 heavy (non-hydrogen) atoms. The summed E-state index contributed by atoms with van der Waals surface area (Å²) in [6.07, 6.45) is 3.79. The van der Waals surface area contributed by atoms with Gasteiger partial charge < -0.3 is 0 Å². The van der Waals surface area contributed by atoms with E-state index in [2.05, 4.69) is 4.98 Å². The van der Waals surface area contributed by atoms with Crippen LogP contribution in [0.2, 0.25) is 0 Å². The van der Waals surface area contributed by atoms with E-state index in [1.165, 1.54) is 18.3 Å². The molecule has 0 aliphatic heterocycles. The first-order chi connectivity index (χ1) is 7.83. The zero-order valence-corrected chi connectivity index (χ0v) is 8.24. The molecular weight excluding hydrogens is 200 g/mol. The number of hydrogen-bond donors (Lipinski definition) is 0. The Bertz CT molecular complexity index is 497. The first kappa shape index (κ1) is 6.53. The van der Waals surface area contributed by atoms with Crippen LogP contribution in [0.4, 0.5) is 0 Å². The van der Waals surface area contributed by atoms with Gasteiger partial charge in [0.1, 0.15) is 4.90 Å². The van der Waals surface area contributed by atoms with Crippen LogP contribution in [0, 0.1) is 0 Å². The summed E-state index contributed by atoms with van der Waals surface area (Å²) in [5.74, 6) is 0. The molecular formula is C9H12N2O2S. The van der Waals surface area contributed by atoms with E-state index in [9.17, 15) is 8.42 Å². The highest BCUT2D eigenvalue weighted by Crippen LogP contribution is 2.29. The van der Waals surface area contributed by atoms with E-state index in [0.717, 1.165) is 6.20 Å². The van der Waals surface area contributed by atoms with Crippen molar-refractivity contribution in [1.82, 2.24) is 9.29 Å². The summed E-state index contributed by atoms with van der Waals surface area (Å²) in [4.78, 5) is 3.63. The van der Waals surface area contributed by atoms with Gasteiger partial charge in [-0.05, 0) is 25.0 Å². The Hall–Kier alpha value is -0.940. The molecule has 1 heterocycles. The second-order valence-corrected chi connectivity index (χ2v) is 5.04. The highest BCUT2D eigenvalue weighted by atomic mass is 32.2. The molecule has 5 heteroatoms. The zero-order chi connectivity index (χ0) is 12.7. The molecule has 4 nitrogen and oxygen atoms in total. The molecule has 1 aromatic heterocycles. The fourth-order valence-electron chi connectivity index (χ4n) is 1.12. The molecule has 1 saturated carbocycles. The number of hydrogen-bond acceptors (Lipinski definition) is 3. The van der Waals surface area contributed by atoms with Crippen molar-refractivity contribution in [3.05, 3.63) is 24.5 Å². The molecule has 1 aliphatic rings. The van der Waals surface area contributed by atoms with Crippen molar-refractivity contribution < 1.29 is 12.5 Å². The molecule has 0 radical (unpaired) electrons. The monoisotopic (exact) mass is 215 g/mol. The van der Waals surface area contributed by atoms with Gasteiger partial charge in [0.25, 0.3) is 0 Å². The molecule has 1 aromatic rings. The van der Waals surface area contributed by atoms with Gasteiger partial charge in [-0.1, -0.05) is 0 Å². The van der Waals surface area contributed by atoms with Crippen LogP contribution in [-0.4, -0.2) is 30.7 Å². The molecule has 0 amide bonds. The summed E-state index contributed by atoms with van der Waals surface area (Å²) in [5.41, 5.74) is 0. The van der Waals surface area contributed by atoms with Gasteiger partial charge in [0.05, 0.1) is 0 Å². The van der Waals surface area contributed by atoms with Gasteiger partial charge in [-0.3, -0.25) is 4.98 Å². The third-order valence-electron chi connectivity index (χ3n) is 2.07. The van der Waals surface area contributed by atoms with Crippen LogP contribution in [0.1, 0.15) is 17.0 Å². The quantitative estimate of drug-likeness (QED) is 0.751. The highest BCUT2D eigenvalue weighted by molar-refractivity contribution is 7.89. The molecule has 0 aromatic carbocycles. The average Bonchev–Trinajstić information content (AvgIpc) is 3.01. The SMILES string of the molecule is [2H]C([2H])([2H])N(C1CC1)S(=O)(=O)c1cccnc1. The van der Waals surface area contributed by atoms with E-state index in [4.69, 9.17) is 4.11 Å². The third kappa shape index (κ3) is 1.65. The summed E-state index contributed by atoms with van der Waals surface area (Å²) in [7, 11) is -3.99. The van der Waals surface area contributed by atoms with E-state index in [0.29, 0.717) is 17.1 Å². The van der Waals surface area contributed by atoms with Crippen molar-refractivity contribution in [2.24, 2.45) is 0 Å². The fraction of sp³-hybridized carbons (Fsp3) is 0.444. The summed E-state index contributed by atoms with van der Waals surface area (Å²) >= 11 is 0. The molecule has 0 saturated heterocycles. The van der Waals surface area contributed by atoms with E-state index in [1.807, 2.05) is 0 Å². The van der Waals surface area contributed by atoms with Gasteiger partial charge >= 0.3 is 0 Å². The highest BCUT2D eigenvalue weighted by Gasteiger charge is 2.34. The fourth-order valence-corrected chi connectivity index (χ4v) is 2.39. The maximum Gasteiger partial charge on any atom is 0.244 e. The second-order valence-electron chi connectivity index (χ2n) is 3.22. The first-order valence-electron chi connectivity index (χ1n) is 5.78. The first-order valence-corrected chi connectivity index (χ1v) is 5.72. The lowest BCUT2D eigenvalue weighted by atomic mass is 10.5. The summed E-state index contributed by atoms with van der Waals surface area (Å²) in [6, 6.07) is 2.41. The van der Waals surface area contributed by atoms with Crippen LogP contribution in [0.3, 0.4) is 0 Å². The molecule has 0 N–H and O–H groups in total. The van der Waals surface area contributed by atoms with Crippen molar-refractivity contribution in [3.8, 4) is 0 Å². The lowest BCUT2D eigenvalue weighted by molar-refractivity contribution is 0.464. The largest absolute Gasteiger partial charge is 0.263 e. The minimum atomic E-state index is -3.99. The summed E-state index contributed by atoms with van der Waals surface area (Å²) in [5, 5.41) is 0. The van der Waals surface area contributed by atoms with E-state index in [1.54, 1.807) is 0 Å². The Kier molecular flexibility index (Phi) is 1.55. The van der Waals surface area contributed by atoms with Crippen LogP contribution in [-0.2, 0) is 10.0 Å². The Morgan fingerprint density at radius 2 is 2.43 bits per heavy atom. The Morgan fingerprint density at radius 3 is 2.93 bits per heavy atom. The summed E-state index contributed by atoms with van der Waals surface area (Å²) in [6.45, 7) is -2.64. The molecule has 0 spiro atoms. The topological polar surface area (TPSA) is 50.3 Å². The number of rotatable bonds is 3. The number of nitrogens with zero attached hydrogens (tertiary/aromatic N) is 2. The van der Waals surface area contributed by atoms with Crippen LogP contribution in [0.5, 0.6) is 0 Å². The molecule has 0 unspecified atom stereocenters. The number of sulfonamides is 1. The number of aromatic nitrogens is 1. The molecule has 0 bridgehead atoms. The van der Waals surface area contributed by atoms with Gasteiger partial charge in [0, 0.05) is 29.5 Å². The zero-order valence-electron chi connectivity index (χ0n) is 10.4. The van der Waals surface area contributed by atoms with Crippen molar-refractivity contribution in [3.63, 3.8) is 0 Å². The van der Waals surface area contributed by atoms with Crippen molar-refractivity contribution >= 4 is 10.0 Å². The summed E-state index contributed by atoms with van der Waals surface area (Å²) < 4.78 is 47.0. The molecule has 76 valence electrons. The van der Waals surface area contributed by atoms with Crippen molar-refractivity contribution in [1.29, 1.82) is 0 Å². The third-order valence-corrected chi connectivity index (χ3v) is 3.72. The van der Waals surface area contributed by atoms with Gasteiger partial charge in [0.15, 0.2) is 0 Å². The standard InChI is InChI=1S/C9H12N2O2S/c1-11(8-4-5-8)14(12,13)9-3-2-6-10-7-9/h2-3,6-8H,4-5H2,1H3/i1D3. The Labute approximate surface area is 87.8 Å². The smallest absolute Gasteiger partial charge is 0.244 e. The molecule has 1 fully saturated rings. The maximum absolute atomic E-state index is 12.2. The average molecular weight is 215 g/mol. The van der Waals surface area contributed by atoms with Crippen molar-refractivity contribution in [2.45, 2.75) is 23.8 Å². The van der Waals surface area contributed by atoms with Gasteiger partial charge in [-0.2, -0.15) is 4.31 Å². The maximum atomic E-state index is 12.2. The lowest BCUT2D eigenvalue weighted by Crippen LogP contribution is -2.28.